The summed E-state index contributed by atoms with van der Waals surface area (Å²) in [5.41, 5.74) is 6.67. The summed E-state index contributed by atoms with van der Waals surface area (Å²) < 4.78 is 0. The van der Waals surface area contributed by atoms with E-state index in [0.29, 0.717) is 24.2 Å². The summed E-state index contributed by atoms with van der Waals surface area (Å²) in [7, 11) is 0. The van der Waals surface area contributed by atoms with Gasteiger partial charge in [-0.1, -0.05) is 0 Å². The first-order chi connectivity index (χ1) is 7.70. The van der Waals surface area contributed by atoms with Gasteiger partial charge in [0.2, 0.25) is 11.8 Å². The molecule has 1 aromatic heterocycles. The van der Waals surface area contributed by atoms with Crippen molar-refractivity contribution in [1.29, 1.82) is 0 Å². The molecule has 3 N–H and O–H groups in total. The lowest BCUT2D eigenvalue weighted by molar-refractivity contribution is -0.134. The van der Waals surface area contributed by atoms with Crippen molar-refractivity contribution >= 4 is 11.8 Å². The van der Waals surface area contributed by atoms with Gasteiger partial charge in [-0.05, 0) is 6.42 Å². The Hall–Kier alpha value is -1.82. The second-order valence-electron chi connectivity index (χ2n) is 3.64. The van der Waals surface area contributed by atoms with E-state index in [9.17, 15) is 9.59 Å². The van der Waals surface area contributed by atoms with Crippen molar-refractivity contribution in [1.82, 2.24) is 15.3 Å². The monoisotopic (exact) mass is 220 g/mol. The first-order valence-electron chi connectivity index (χ1n) is 5.05. The third-order valence-electron chi connectivity index (χ3n) is 2.51. The summed E-state index contributed by atoms with van der Waals surface area (Å²) in [6.07, 6.45) is 3.92. The summed E-state index contributed by atoms with van der Waals surface area (Å²) in [4.78, 5) is 30.8. The van der Waals surface area contributed by atoms with E-state index in [2.05, 4.69) is 15.3 Å². The van der Waals surface area contributed by atoms with Crippen LogP contribution in [0.15, 0.2) is 12.4 Å². The first kappa shape index (κ1) is 10.7. The molecule has 1 aromatic rings. The Labute approximate surface area is 92.3 Å². The average Bonchev–Trinajstić information content (AvgIpc) is 2.29. The normalized spacial score (nSPS) is 20.7. The highest BCUT2D eigenvalue weighted by Gasteiger charge is 2.29. The fraction of sp³-hybridized carbons (Fsp3) is 0.400. The average molecular weight is 220 g/mol. The van der Waals surface area contributed by atoms with Crippen LogP contribution in [0.1, 0.15) is 30.1 Å². The van der Waals surface area contributed by atoms with E-state index < -0.39 is 5.92 Å². The number of hydrogen-bond acceptors (Lipinski definition) is 5. The van der Waals surface area contributed by atoms with E-state index in [4.69, 9.17) is 5.73 Å². The van der Waals surface area contributed by atoms with Crippen LogP contribution in [-0.4, -0.2) is 21.8 Å². The topological polar surface area (TPSA) is 98.0 Å². The van der Waals surface area contributed by atoms with Crippen LogP contribution in [0.25, 0.3) is 0 Å². The molecule has 0 spiro atoms. The number of rotatable bonds is 2. The summed E-state index contributed by atoms with van der Waals surface area (Å²) in [6, 6.07) is 0. The Morgan fingerprint density at radius 1 is 1.44 bits per heavy atom. The van der Waals surface area contributed by atoms with E-state index in [0.717, 1.165) is 0 Å². The number of imide groups is 1. The van der Waals surface area contributed by atoms with Crippen LogP contribution >= 0.6 is 0 Å². The molecule has 0 saturated carbocycles. The lowest BCUT2D eigenvalue weighted by Gasteiger charge is -2.20. The van der Waals surface area contributed by atoms with Gasteiger partial charge in [-0.25, -0.2) is 0 Å². The molecule has 0 bridgehead atoms. The third kappa shape index (κ3) is 2.06. The minimum atomic E-state index is -0.392. The van der Waals surface area contributed by atoms with Gasteiger partial charge in [-0.15, -0.1) is 0 Å². The smallest absolute Gasteiger partial charge is 0.235 e. The van der Waals surface area contributed by atoms with E-state index >= 15 is 0 Å². The highest BCUT2D eigenvalue weighted by molar-refractivity contribution is 6.00. The predicted octanol–water partition coefficient (Wildman–Crippen LogP) is -0.545. The second-order valence-corrected chi connectivity index (χ2v) is 3.64. The van der Waals surface area contributed by atoms with E-state index in [1.165, 1.54) is 0 Å². The molecule has 84 valence electrons. The van der Waals surface area contributed by atoms with E-state index in [1.54, 1.807) is 12.4 Å². The molecule has 0 radical (unpaired) electrons. The first-order valence-corrected chi connectivity index (χ1v) is 5.05. The molecule has 16 heavy (non-hydrogen) atoms. The highest BCUT2D eigenvalue weighted by atomic mass is 16.2. The van der Waals surface area contributed by atoms with Gasteiger partial charge in [0, 0.05) is 25.4 Å². The molecular formula is C10H12N4O2. The van der Waals surface area contributed by atoms with Crippen molar-refractivity contribution in [2.75, 3.05) is 0 Å². The number of carbonyl (C=O) groups is 2. The number of amides is 2. The number of nitrogens with one attached hydrogen (secondary N) is 1. The van der Waals surface area contributed by atoms with Crippen molar-refractivity contribution in [3.05, 3.63) is 23.8 Å². The quantitative estimate of drug-likeness (QED) is 0.652. The number of piperidine rings is 1. The molecule has 1 aliphatic rings. The predicted molar refractivity (Wildman–Crippen MR) is 55.0 cm³/mol. The van der Waals surface area contributed by atoms with Crippen molar-refractivity contribution in [2.45, 2.75) is 25.3 Å². The maximum absolute atomic E-state index is 11.6. The van der Waals surface area contributed by atoms with Crippen LogP contribution in [0.3, 0.4) is 0 Å². The maximum Gasteiger partial charge on any atom is 0.235 e. The lowest BCUT2D eigenvalue weighted by Crippen LogP contribution is -2.39. The van der Waals surface area contributed by atoms with Crippen LogP contribution in [0, 0.1) is 0 Å². The summed E-state index contributed by atoms with van der Waals surface area (Å²) in [5.74, 6) is -0.930. The molecule has 1 saturated heterocycles. The fourth-order valence-electron chi connectivity index (χ4n) is 1.67. The van der Waals surface area contributed by atoms with Crippen LogP contribution in [-0.2, 0) is 16.1 Å². The van der Waals surface area contributed by atoms with Gasteiger partial charge in [0.1, 0.15) is 0 Å². The third-order valence-corrected chi connectivity index (χ3v) is 2.51. The zero-order valence-electron chi connectivity index (χ0n) is 8.64. The number of hydrogen-bond donors (Lipinski definition) is 2. The van der Waals surface area contributed by atoms with Gasteiger partial charge >= 0.3 is 0 Å². The minimum Gasteiger partial charge on any atom is -0.325 e. The molecule has 6 nitrogen and oxygen atoms in total. The van der Waals surface area contributed by atoms with Gasteiger partial charge in [0.05, 0.1) is 17.3 Å². The minimum absolute atomic E-state index is 0.232. The zero-order valence-corrected chi connectivity index (χ0v) is 8.64. The standard InChI is InChI=1S/C10H12N4O2/c11-3-6-4-12-5-8(13-6)7-1-2-9(15)14-10(7)16/h4-5,7H,1-3,11H2,(H,14,15,16). The number of nitrogens with zero attached hydrogens (tertiary/aromatic N) is 2. The van der Waals surface area contributed by atoms with Gasteiger partial charge < -0.3 is 5.73 Å². The van der Waals surface area contributed by atoms with Crippen LogP contribution in [0.4, 0.5) is 0 Å². The van der Waals surface area contributed by atoms with E-state index in [1.807, 2.05) is 0 Å². The molecule has 6 heteroatoms. The molecule has 0 aromatic carbocycles. The molecule has 1 unspecified atom stereocenters. The molecule has 2 rings (SSSR count). The SMILES string of the molecule is NCc1cncc(C2CCC(=O)NC2=O)n1. The summed E-state index contributed by atoms with van der Waals surface area (Å²) >= 11 is 0. The van der Waals surface area contributed by atoms with Gasteiger partial charge in [0.25, 0.3) is 0 Å². The van der Waals surface area contributed by atoms with Gasteiger partial charge in [-0.3, -0.25) is 24.9 Å². The Morgan fingerprint density at radius 3 is 2.94 bits per heavy atom. The van der Waals surface area contributed by atoms with Gasteiger partial charge in [0.15, 0.2) is 0 Å². The van der Waals surface area contributed by atoms with Crippen molar-refractivity contribution in [3.63, 3.8) is 0 Å². The molecule has 2 amide bonds. The molecule has 2 heterocycles. The second kappa shape index (κ2) is 4.36. The van der Waals surface area contributed by atoms with Crippen molar-refractivity contribution < 1.29 is 9.59 Å². The zero-order chi connectivity index (χ0) is 11.5. The molecule has 0 aliphatic carbocycles. The number of nitrogens with two attached hydrogens (primary N) is 1. The fourth-order valence-corrected chi connectivity index (χ4v) is 1.67. The summed E-state index contributed by atoms with van der Waals surface area (Å²) in [6.45, 7) is 0.286. The van der Waals surface area contributed by atoms with Crippen LogP contribution in [0.2, 0.25) is 0 Å². The number of aromatic nitrogens is 2. The Kier molecular flexibility index (Phi) is 2.91. The summed E-state index contributed by atoms with van der Waals surface area (Å²) in [5, 5.41) is 2.29. The highest BCUT2D eigenvalue weighted by Crippen LogP contribution is 2.22. The largest absolute Gasteiger partial charge is 0.325 e. The molecule has 1 aliphatic heterocycles. The van der Waals surface area contributed by atoms with Crippen molar-refractivity contribution in [3.8, 4) is 0 Å². The Morgan fingerprint density at radius 2 is 2.25 bits per heavy atom. The Bertz CT molecular complexity index is 433. The maximum atomic E-state index is 11.6. The van der Waals surface area contributed by atoms with Crippen LogP contribution in [0.5, 0.6) is 0 Å². The lowest BCUT2D eigenvalue weighted by atomic mass is 9.95. The van der Waals surface area contributed by atoms with E-state index in [-0.39, 0.29) is 18.4 Å². The van der Waals surface area contributed by atoms with Crippen molar-refractivity contribution in [2.24, 2.45) is 5.73 Å². The van der Waals surface area contributed by atoms with Gasteiger partial charge in [-0.2, -0.15) is 0 Å². The Balaban J connectivity index is 2.23. The molecule has 1 fully saturated rings. The number of carbonyl (C=O) groups excluding carboxylic acids is 2. The molecular weight excluding hydrogens is 208 g/mol. The molecule has 1 atom stereocenters. The van der Waals surface area contributed by atoms with Crippen LogP contribution < -0.4 is 11.1 Å².